The molecule has 0 aliphatic rings. The highest BCUT2D eigenvalue weighted by Crippen LogP contribution is 2.41. The lowest BCUT2D eigenvalue weighted by Gasteiger charge is -2.28. The Morgan fingerprint density at radius 3 is 2.26 bits per heavy atom. The van der Waals surface area contributed by atoms with E-state index >= 15 is 0 Å². The lowest BCUT2D eigenvalue weighted by molar-refractivity contribution is -0.274. The van der Waals surface area contributed by atoms with E-state index in [0.717, 1.165) is 11.6 Å². The van der Waals surface area contributed by atoms with Crippen molar-refractivity contribution in [2.24, 2.45) is 0 Å². The zero-order chi connectivity index (χ0) is 20.1. The highest BCUT2D eigenvalue weighted by molar-refractivity contribution is 5.73. The number of rotatable bonds is 7. The number of carbonyl (C=O) groups excluding carboxylic acids is 1. The molecule has 0 spiro atoms. The van der Waals surface area contributed by atoms with Crippen molar-refractivity contribution < 1.29 is 31.9 Å². The third-order valence-corrected chi connectivity index (χ3v) is 4.00. The molecule has 0 saturated carbocycles. The van der Waals surface area contributed by atoms with Crippen LogP contribution in [0.3, 0.4) is 0 Å². The molecule has 1 atom stereocenters. The maximum Gasteiger partial charge on any atom is 0.424 e. The molecule has 0 radical (unpaired) electrons. The molecular weight excluding hydrogens is 368 g/mol. The monoisotopic (exact) mass is 388 g/mol. The zero-order valence-electron chi connectivity index (χ0n) is 14.6. The van der Waals surface area contributed by atoms with Gasteiger partial charge in [0.1, 0.15) is 17.3 Å². The van der Waals surface area contributed by atoms with Gasteiger partial charge in [-0.25, -0.2) is 9.18 Å². The van der Waals surface area contributed by atoms with E-state index in [4.69, 9.17) is 4.42 Å². The van der Waals surface area contributed by atoms with Crippen LogP contribution in [0.5, 0.6) is 0 Å². The summed E-state index contributed by atoms with van der Waals surface area (Å²) in [5, 5.41) is 14.8. The molecule has 0 saturated heterocycles. The minimum Gasteiger partial charge on any atom is -0.463 e. The number of urea groups is 1. The van der Waals surface area contributed by atoms with Crippen LogP contribution < -0.4 is 10.6 Å². The van der Waals surface area contributed by atoms with E-state index in [1.165, 1.54) is 25.1 Å². The van der Waals surface area contributed by atoms with Crippen molar-refractivity contribution in [3.05, 3.63) is 59.3 Å². The van der Waals surface area contributed by atoms with Crippen molar-refractivity contribution in [3.8, 4) is 0 Å². The van der Waals surface area contributed by atoms with E-state index in [1.807, 2.05) is 0 Å². The Balaban J connectivity index is 1.82. The van der Waals surface area contributed by atoms with Crippen LogP contribution in [-0.4, -0.2) is 30.4 Å². The van der Waals surface area contributed by atoms with Crippen LogP contribution in [0.15, 0.2) is 40.8 Å². The van der Waals surface area contributed by atoms with Crippen molar-refractivity contribution in [2.75, 3.05) is 13.1 Å². The SMILES string of the molecule is Cc1ccc([C@@](O)(CCNC(=O)NCCc2ccc(F)cc2)C(F)(F)F)o1. The van der Waals surface area contributed by atoms with Crippen molar-refractivity contribution in [2.45, 2.75) is 31.5 Å². The Bertz CT molecular complexity index is 759. The van der Waals surface area contributed by atoms with Crippen LogP contribution in [-0.2, 0) is 12.0 Å². The van der Waals surface area contributed by atoms with Crippen LogP contribution >= 0.6 is 0 Å². The number of carbonyl (C=O) groups is 1. The lowest BCUT2D eigenvalue weighted by Crippen LogP contribution is -2.46. The molecule has 9 heteroatoms. The van der Waals surface area contributed by atoms with Gasteiger partial charge in [-0.2, -0.15) is 13.2 Å². The fourth-order valence-corrected chi connectivity index (χ4v) is 2.45. The molecule has 0 aliphatic carbocycles. The number of halogens is 4. The van der Waals surface area contributed by atoms with Crippen LogP contribution in [0.2, 0.25) is 0 Å². The molecule has 5 nitrogen and oxygen atoms in total. The van der Waals surface area contributed by atoms with Gasteiger partial charge < -0.3 is 20.2 Å². The van der Waals surface area contributed by atoms with Crippen LogP contribution in [0.1, 0.15) is 23.5 Å². The second kappa shape index (κ2) is 8.43. The number of furan rings is 1. The maximum atomic E-state index is 13.3. The van der Waals surface area contributed by atoms with Gasteiger partial charge in [0.2, 0.25) is 5.60 Å². The van der Waals surface area contributed by atoms with Gasteiger partial charge in [0.15, 0.2) is 0 Å². The molecule has 0 bridgehead atoms. The fraction of sp³-hybridized carbons (Fsp3) is 0.389. The summed E-state index contributed by atoms with van der Waals surface area (Å²) in [6.07, 6.45) is -5.32. The summed E-state index contributed by atoms with van der Waals surface area (Å²) >= 11 is 0. The molecule has 1 aromatic carbocycles. The molecule has 0 aliphatic heterocycles. The minimum atomic E-state index is -4.96. The van der Waals surface area contributed by atoms with Gasteiger partial charge in [-0.05, 0) is 43.2 Å². The molecule has 3 N–H and O–H groups in total. The Hall–Kier alpha value is -2.55. The van der Waals surface area contributed by atoms with Gasteiger partial charge in [0.05, 0.1) is 0 Å². The average Bonchev–Trinajstić information content (AvgIpc) is 3.02. The molecule has 27 heavy (non-hydrogen) atoms. The van der Waals surface area contributed by atoms with E-state index in [1.54, 1.807) is 12.1 Å². The summed E-state index contributed by atoms with van der Waals surface area (Å²) in [6.45, 7) is 1.27. The summed E-state index contributed by atoms with van der Waals surface area (Å²) in [4.78, 5) is 11.7. The summed E-state index contributed by atoms with van der Waals surface area (Å²) in [5.41, 5.74) is -2.39. The standard InChI is InChI=1S/C18H20F4N2O3/c1-12-2-7-15(27-12)17(26,18(20,21)22)9-11-24-16(25)23-10-8-13-3-5-14(19)6-4-13/h2-7,26H,8-11H2,1H3,(H2,23,24,25)/t17-/m0/s1. The molecule has 2 rings (SSSR count). The summed E-state index contributed by atoms with van der Waals surface area (Å²) in [7, 11) is 0. The number of hydrogen-bond acceptors (Lipinski definition) is 3. The highest BCUT2D eigenvalue weighted by Gasteiger charge is 2.56. The van der Waals surface area contributed by atoms with E-state index in [2.05, 4.69) is 10.6 Å². The second-order valence-corrected chi connectivity index (χ2v) is 6.08. The number of amides is 2. The van der Waals surface area contributed by atoms with E-state index in [9.17, 15) is 27.5 Å². The van der Waals surface area contributed by atoms with Gasteiger partial charge >= 0.3 is 12.2 Å². The first-order valence-electron chi connectivity index (χ1n) is 8.24. The summed E-state index contributed by atoms with van der Waals surface area (Å²) < 4.78 is 57.6. The molecule has 2 amide bonds. The second-order valence-electron chi connectivity index (χ2n) is 6.08. The first-order chi connectivity index (χ1) is 12.6. The highest BCUT2D eigenvalue weighted by atomic mass is 19.4. The Morgan fingerprint density at radius 1 is 1.07 bits per heavy atom. The predicted molar refractivity (Wildman–Crippen MR) is 89.5 cm³/mol. The minimum absolute atomic E-state index is 0.221. The fourth-order valence-electron chi connectivity index (χ4n) is 2.45. The van der Waals surface area contributed by atoms with Gasteiger partial charge in [-0.1, -0.05) is 12.1 Å². The number of aliphatic hydroxyl groups is 1. The number of alkyl halides is 3. The van der Waals surface area contributed by atoms with Crippen molar-refractivity contribution in [1.82, 2.24) is 10.6 Å². The molecule has 1 aromatic heterocycles. The third kappa shape index (κ3) is 5.46. The summed E-state index contributed by atoms with van der Waals surface area (Å²) in [5.74, 6) is -0.751. The van der Waals surface area contributed by atoms with E-state index in [0.29, 0.717) is 6.42 Å². The van der Waals surface area contributed by atoms with Crippen LogP contribution in [0.4, 0.5) is 22.4 Å². The van der Waals surface area contributed by atoms with E-state index in [-0.39, 0.29) is 18.1 Å². The Labute approximate surface area is 153 Å². The van der Waals surface area contributed by atoms with Crippen molar-refractivity contribution >= 4 is 6.03 Å². The quantitative estimate of drug-likeness (QED) is 0.637. The Kier molecular flexibility index (Phi) is 6.48. The predicted octanol–water partition coefficient (Wildman–Crippen LogP) is 3.41. The topological polar surface area (TPSA) is 74.5 Å². The molecule has 2 aromatic rings. The molecule has 0 unspecified atom stereocenters. The maximum absolute atomic E-state index is 13.3. The summed E-state index contributed by atoms with van der Waals surface area (Å²) in [6, 6.07) is 7.45. The molecule has 148 valence electrons. The average molecular weight is 388 g/mol. The zero-order valence-corrected chi connectivity index (χ0v) is 14.6. The smallest absolute Gasteiger partial charge is 0.424 e. The lowest BCUT2D eigenvalue weighted by atomic mass is 9.96. The number of aryl methyl sites for hydroxylation is 1. The van der Waals surface area contributed by atoms with Gasteiger partial charge in [0, 0.05) is 19.5 Å². The van der Waals surface area contributed by atoms with Gasteiger partial charge in [-0.15, -0.1) is 0 Å². The third-order valence-electron chi connectivity index (χ3n) is 4.00. The number of benzene rings is 1. The normalized spacial score (nSPS) is 13.9. The first kappa shape index (κ1) is 20.8. The van der Waals surface area contributed by atoms with Gasteiger partial charge in [-0.3, -0.25) is 0 Å². The van der Waals surface area contributed by atoms with Crippen molar-refractivity contribution in [1.29, 1.82) is 0 Å². The first-order valence-corrected chi connectivity index (χ1v) is 8.24. The molecule has 0 fully saturated rings. The number of nitrogens with one attached hydrogen (secondary N) is 2. The van der Waals surface area contributed by atoms with E-state index < -0.39 is 36.5 Å². The molecular formula is C18H20F4N2O3. The van der Waals surface area contributed by atoms with Crippen LogP contribution in [0, 0.1) is 12.7 Å². The molecule has 1 heterocycles. The number of hydrogen-bond donors (Lipinski definition) is 3. The van der Waals surface area contributed by atoms with Crippen molar-refractivity contribution in [3.63, 3.8) is 0 Å². The Morgan fingerprint density at radius 2 is 1.70 bits per heavy atom. The largest absolute Gasteiger partial charge is 0.463 e. The van der Waals surface area contributed by atoms with Gasteiger partial charge in [0.25, 0.3) is 0 Å². The van der Waals surface area contributed by atoms with Crippen LogP contribution in [0.25, 0.3) is 0 Å².